The molecule has 2 rings (SSSR count). The minimum atomic E-state index is -0.596. The third-order valence-electron chi connectivity index (χ3n) is 2.60. The van der Waals surface area contributed by atoms with Gasteiger partial charge in [0.2, 0.25) is 0 Å². The van der Waals surface area contributed by atoms with Crippen LogP contribution in [-0.4, -0.2) is 5.11 Å². The van der Waals surface area contributed by atoms with Gasteiger partial charge in [0.05, 0.1) is 16.0 Å². The molecular weight excluding hydrogens is 275 g/mol. The van der Waals surface area contributed by atoms with Crippen molar-refractivity contribution in [2.75, 3.05) is 0 Å². The van der Waals surface area contributed by atoms with Crippen LogP contribution in [0.3, 0.4) is 0 Å². The molecule has 1 aromatic carbocycles. The van der Waals surface area contributed by atoms with Crippen molar-refractivity contribution in [1.82, 2.24) is 0 Å². The molecule has 0 aliphatic carbocycles. The van der Waals surface area contributed by atoms with E-state index < -0.39 is 6.10 Å². The van der Waals surface area contributed by atoms with Crippen molar-refractivity contribution in [3.63, 3.8) is 0 Å². The average Bonchev–Trinajstić information content (AvgIpc) is 2.63. The van der Waals surface area contributed by atoms with Crippen LogP contribution in [0.15, 0.2) is 29.6 Å². The monoisotopic (exact) mass is 286 g/mol. The third-order valence-corrected chi connectivity index (χ3v) is 4.78. The number of hydrogen-bond donors (Lipinski definition) is 1. The second-order valence-corrected chi connectivity index (χ2v) is 5.60. The van der Waals surface area contributed by atoms with Gasteiger partial charge in [0.25, 0.3) is 0 Å². The minimum absolute atomic E-state index is 0.485. The molecule has 4 heteroatoms. The van der Waals surface area contributed by atoms with E-state index in [9.17, 15) is 5.11 Å². The van der Waals surface area contributed by atoms with Crippen LogP contribution in [-0.2, 0) is 6.42 Å². The second-order valence-electron chi connectivity index (χ2n) is 3.91. The number of rotatable bonds is 3. The lowest BCUT2D eigenvalue weighted by Crippen LogP contribution is -2.00. The Morgan fingerprint density at radius 2 is 2.00 bits per heavy atom. The molecule has 1 nitrogen and oxygen atoms in total. The Kier molecular flexibility index (Phi) is 4.10. The van der Waals surface area contributed by atoms with Crippen LogP contribution in [0.1, 0.15) is 22.1 Å². The van der Waals surface area contributed by atoms with Crippen molar-refractivity contribution in [2.45, 2.75) is 19.4 Å². The van der Waals surface area contributed by atoms with Crippen LogP contribution in [0.5, 0.6) is 0 Å². The zero-order valence-corrected chi connectivity index (χ0v) is 11.6. The number of aliphatic hydroxyl groups is 1. The number of halogens is 2. The lowest BCUT2D eigenvalue weighted by molar-refractivity contribution is 0.182. The van der Waals surface area contributed by atoms with Gasteiger partial charge in [-0.15, -0.1) is 11.3 Å². The summed E-state index contributed by atoms with van der Waals surface area (Å²) in [6, 6.07) is 7.53. The summed E-state index contributed by atoms with van der Waals surface area (Å²) in [6.45, 7) is 1.94. The van der Waals surface area contributed by atoms with E-state index in [2.05, 4.69) is 0 Å². The Balaban J connectivity index is 2.20. The molecule has 1 N–H and O–H groups in total. The summed E-state index contributed by atoms with van der Waals surface area (Å²) in [5, 5.41) is 13.5. The maximum absolute atomic E-state index is 10.2. The molecule has 0 saturated heterocycles. The molecule has 0 bridgehead atoms. The summed E-state index contributed by atoms with van der Waals surface area (Å²) in [7, 11) is 0. The van der Waals surface area contributed by atoms with Gasteiger partial charge in [0, 0.05) is 11.4 Å². The third kappa shape index (κ3) is 2.83. The molecular formula is C13H12Cl2OS. The van der Waals surface area contributed by atoms with Gasteiger partial charge in [-0.2, -0.15) is 0 Å². The normalized spacial score (nSPS) is 12.7. The van der Waals surface area contributed by atoms with Crippen LogP contribution >= 0.6 is 34.5 Å². The molecule has 90 valence electrons. The number of aliphatic hydroxyl groups excluding tert-OH is 1. The van der Waals surface area contributed by atoms with Crippen molar-refractivity contribution < 1.29 is 5.11 Å². The summed E-state index contributed by atoms with van der Waals surface area (Å²) in [4.78, 5) is 0.809. The Morgan fingerprint density at radius 3 is 2.59 bits per heavy atom. The van der Waals surface area contributed by atoms with E-state index in [0.29, 0.717) is 16.5 Å². The first-order chi connectivity index (χ1) is 8.09. The van der Waals surface area contributed by atoms with Gasteiger partial charge < -0.3 is 5.11 Å². The van der Waals surface area contributed by atoms with Crippen molar-refractivity contribution >= 4 is 34.5 Å². The van der Waals surface area contributed by atoms with E-state index >= 15 is 0 Å². The highest BCUT2D eigenvalue weighted by atomic mass is 35.5. The Labute approximate surface area is 115 Å². The fraction of sp³-hybridized carbons (Fsp3) is 0.231. The molecule has 0 fully saturated rings. The van der Waals surface area contributed by atoms with Gasteiger partial charge in [0.15, 0.2) is 0 Å². The average molecular weight is 287 g/mol. The highest BCUT2D eigenvalue weighted by Gasteiger charge is 2.16. The Hall–Kier alpha value is -0.540. The maximum atomic E-state index is 10.2. The van der Waals surface area contributed by atoms with Crippen molar-refractivity contribution in [3.8, 4) is 0 Å². The van der Waals surface area contributed by atoms with Gasteiger partial charge in [0.1, 0.15) is 0 Å². The molecule has 0 spiro atoms. The molecule has 0 saturated carbocycles. The van der Waals surface area contributed by atoms with Crippen molar-refractivity contribution in [1.29, 1.82) is 0 Å². The molecule has 0 amide bonds. The summed E-state index contributed by atoms with van der Waals surface area (Å²) >= 11 is 13.7. The standard InChI is InChI=1S/C13H12Cl2OS/c1-8-7-17-13(12(8)15)11(16)6-9-4-2-3-5-10(9)14/h2-5,7,11,16H,6H2,1H3. The molecule has 1 unspecified atom stereocenters. The van der Waals surface area contributed by atoms with Crippen molar-refractivity contribution in [3.05, 3.63) is 55.7 Å². The largest absolute Gasteiger partial charge is 0.387 e. The predicted octanol–water partition coefficient (Wildman–Crippen LogP) is 4.64. The number of benzene rings is 1. The molecule has 1 aromatic heterocycles. The van der Waals surface area contributed by atoms with Crippen molar-refractivity contribution in [2.24, 2.45) is 0 Å². The first kappa shape index (κ1) is 12.9. The lowest BCUT2D eigenvalue weighted by Gasteiger charge is -2.10. The lowest BCUT2D eigenvalue weighted by atomic mass is 10.1. The maximum Gasteiger partial charge on any atom is 0.0937 e. The van der Waals surface area contributed by atoms with E-state index in [1.807, 2.05) is 36.6 Å². The van der Waals surface area contributed by atoms with Gasteiger partial charge in [-0.1, -0.05) is 41.4 Å². The SMILES string of the molecule is Cc1csc(C(O)Cc2ccccc2Cl)c1Cl. The summed E-state index contributed by atoms with van der Waals surface area (Å²) in [6.07, 6.45) is -0.111. The highest BCUT2D eigenvalue weighted by molar-refractivity contribution is 7.10. The van der Waals surface area contributed by atoms with Gasteiger partial charge >= 0.3 is 0 Å². The summed E-state index contributed by atoms with van der Waals surface area (Å²) < 4.78 is 0. The number of aryl methyl sites for hydroxylation is 1. The van der Waals surface area contributed by atoms with E-state index in [4.69, 9.17) is 23.2 Å². The first-order valence-corrected chi connectivity index (χ1v) is 6.88. The first-order valence-electron chi connectivity index (χ1n) is 5.24. The van der Waals surface area contributed by atoms with Crippen LogP contribution in [0, 0.1) is 6.92 Å². The molecule has 17 heavy (non-hydrogen) atoms. The smallest absolute Gasteiger partial charge is 0.0937 e. The molecule has 1 atom stereocenters. The quantitative estimate of drug-likeness (QED) is 0.872. The highest BCUT2D eigenvalue weighted by Crippen LogP contribution is 2.34. The van der Waals surface area contributed by atoms with Gasteiger partial charge in [-0.25, -0.2) is 0 Å². The number of thiophene rings is 1. The molecule has 0 aliphatic rings. The van der Waals surface area contributed by atoms with E-state index in [1.54, 1.807) is 0 Å². The summed E-state index contributed by atoms with van der Waals surface area (Å²) in [5.74, 6) is 0. The zero-order chi connectivity index (χ0) is 12.4. The molecule has 2 aromatic rings. The van der Waals surface area contributed by atoms with E-state index in [0.717, 1.165) is 16.0 Å². The Bertz CT molecular complexity index is 522. The zero-order valence-electron chi connectivity index (χ0n) is 9.28. The number of hydrogen-bond acceptors (Lipinski definition) is 2. The van der Waals surface area contributed by atoms with Crippen LogP contribution in [0.25, 0.3) is 0 Å². The molecule has 0 aliphatic heterocycles. The fourth-order valence-corrected chi connectivity index (χ4v) is 3.16. The van der Waals surface area contributed by atoms with E-state index in [-0.39, 0.29) is 0 Å². The molecule has 0 radical (unpaired) electrons. The topological polar surface area (TPSA) is 20.2 Å². The van der Waals surface area contributed by atoms with Gasteiger partial charge in [-0.3, -0.25) is 0 Å². The predicted molar refractivity (Wildman–Crippen MR) is 74.2 cm³/mol. The van der Waals surface area contributed by atoms with Crippen LogP contribution < -0.4 is 0 Å². The fourth-order valence-electron chi connectivity index (χ4n) is 1.64. The van der Waals surface area contributed by atoms with Crippen LogP contribution in [0.2, 0.25) is 10.0 Å². The molecule has 1 heterocycles. The van der Waals surface area contributed by atoms with E-state index in [1.165, 1.54) is 11.3 Å². The minimum Gasteiger partial charge on any atom is -0.387 e. The second kappa shape index (κ2) is 5.40. The van der Waals surface area contributed by atoms with Crippen LogP contribution in [0.4, 0.5) is 0 Å². The van der Waals surface area contributed by atoms with Gasteiger partial charge in [-0.05, 0) is 29.5 Å². The Morgan fingerprint density at radius 1 is 1.29 bits per heavy atom. The summed E-state index contributed by atoms with van der Waals surface area (Å²) in [5.41, 5.74) is 1.94.